The van der Waals surface area contributed by atoms with E-state index in [9.17, 15) is 26.7 Å². The molecule has 2 aromatic rings. The quantitative estimate of drug-likeness (QED) is 0.756. The van der Waals surface area contributed by atoms with E-state index < -0.39 is 52.5 Å². The Morgan fingerprint density at radius 2 is 1.88 bits per heavy atom. The third-order valence-corrected chi connectivity index (χ3v) is 3.26. The van der Waals surface area contributed by atoms with Gasteiger partial charge >= 0.3 is 11.9 Å². The lowest BCUT2D eigenvalue weighted by Gasteiger charge is -2.16. The molecule has 12 heteroatoms. The molecule has 0 aliphatic heterocycles. The topological polar surface area (TPSA) is 61.9 Å². The number of aromatic nitrogens is 4. The first-order chi connectivity index (χ1) is 11.4. The fourth-order valence-electron chi connectivity index (χ4n) is 1.91. The van der Waals surface area contributed by atoms with Crippen molar-refractivity contribution in [3.05, 3.63) is 33.0 Å². The van der Waals surface area contributed by atoms with Gasteiger partial charge in [-0.2, -0.15) is 22.8 Å². The van der Waals surface area contributed by atoms with Crippen molar-refractivity contribution in [1.82, 2.24) is 19.3 Å². The maximum Gasteiger partial charge on any atom is 0.421 e. The minimum Gasteiger partial charge on any atom is -0.474 e. The molecule has 0 spiro atoms. The molecule has 0 saturated carbocycles. The molecule has 0 saturated heterocycles. The number of pyridine rings is 1. The summed E-state index contributed by atoms with van der Waals surface area (Å²) in [5, 5.41) is 2.79. The maximum atomic E-state index is 13.1. The van der Waals surface area contributed by atoms with E-state index in [0.717, 1.165) is 7.05 Å². The van der Waals surface area contributed by atoms with E-state index in [0.29, 0.717) is 15.3 Å². The highest BCUT2D eigenvalue weighted by Gasteiger charge is 2.37. The molecule has 2 rings (SSSR count). The molecular formula is C13H12ClF5N4O2. The largest absolute Gasteiger partial charge is 0.474 e. The Kier molecular flexibility index (Phi) is 5.07. The number of ether oxygens (including phenoxy) is 1. The molecule has 2 heterocycles. The van der Waals surface area contributed by atoms with Gasteiger partial charge in [0.05, 0.1) is 11.1 Å². The van der Waals surface area contributed by atoms with Crippen molar-refractivity contribution in [2.75, 3.05) is 0 Å². The van der Waals surface area contributed by atoms with Gasteiger partial charge in [-0.05, 0) is 19.9 Å². The zero-order valence-electron chi connectivity index (χ0n) is 13.1. The Hall–Kier alpha value is -2.17. The Morgan fingerprint density at radius 1 is 1.28 bits per heavy atom. The predicted molar refractivity (Wildman–Crippen MR) is 77.3 cm³/mol. The van der Waals surface area contributed by atoms with Crippen molar-refractivity contribution in [2.24, 2.45) is 7.05 Å². The van der Waals surface area contributed by atoms with Gasteiger partial charge < -0.3 is 4.74 Å². The summed E-state index contributed by atoms with van der Waals surface area (Å²) in [6.07, 6.45) is -8.55. The Balaban J connectivity index is 2.72. The summed E-state index contributed by atoms with van der Waals surface area (Å²) in [6.45, 7) is 2.94. The smallest absolute Gasteiger partial charge is 0.421 e. The first-order valence-corrected chi connectivity index (χ1v) is 7.20. The van der Waals surface area contributed by atoms with Crippen LogP contribution in [0.15, 0.2) is 10.9 Å². The number of alkyl halides is 5. The van der Waals surface area contributed by atoms with Crippen LogP contribution in [0.5, 0.6) is 5.88 Å². The van der Waals surface area contributed by atoms with E-state index in [4.69, 9.17) is 16.3 Å². The Morgan fingerprint density at radius 3 is 2.32 bits per heavy atom. The number of hydrogen-bond donors (Lipinski definition) is 0. The van der Waals surface area contributed by atoms with Gasteiger partial charge in [0.2, 0.25) is 11.7 Å². The molecule has 0 N–H and O–H groups in total. The molecule has 0 aliphatic rings. The highest BCUT2D eigenvalue weighted by Crippen LogP contribution is 2.38. The average molecular weight is 387 g/mol. The van der Waals surface area contributed by atoms with E-state index in [1.807, 2.05) is 0 Å². The Bertz CT molecular complexity index is 844. The lowest BCUT2D eigenvalue weighted by molar-refractivity contribution is -0.139. The number of rotatable bonds is 4. The van der Waals surface area contributed by atoms with Crippen molar-refractivity contribution in [3.8, 4) is 11.7 Å². The zero-order valence-corrected chi connectivity index (χ0v) is 13.9. The molecule has 0 aliphatic carbocycles. The molecule has 138 valence electrons. The third kappa shape index (κ3) is 3.75. The van der Waals surface area contributed by atoms with Crippen molar-refractivity contribution in [2.45, 2.75) is 32.6 Å². The minimum atomic E-state index is -4.82. The first-order valence-electron chi connectivity index (χ1n) is 6.82. The van der Waals surface area contributed by atoms with Crippen molar-refractivity contribution in [3.63, 3.8) is 0 Å². The highest BCUT2D eigenvalue weighted by molar-refractivity contribution is 6.32. The van der Waals surface area contributed by atoms with Crippen molar-refractivity contribution in [1.29, 1.82) is 0 Å². The van der Waals surface area contributed by atoms with Gasteiger partial charge in [-0.3, -0.25) is 4.57 Å². The van der Waals surface area contributed by atoms with Gasteiger partial charge in [-0.25, -0.2) is 13.6 Å². The van der Waals surface area contributed by atoms with E-state index >= 15 is 0 Å². The molecule has 0 bridgehead atoms. The van der Waals surface area contributed by atoms with Crippen LogP contribution in [-0.2, 0) is 13.2 Å². The average Bonchev–Trinajstić information content (AvgIpc) is 2.75. The molecular weight excluding hydrogens is 375 g/mol. The summed E-state index contributed by atoms with van der Waals surface area (Å²) in [4.78, 5) is 15.6. The van der Waals surface area contributed by atoms with Crippen LogP contribution in [0.2, 0.25) is 5.02 Å². The molecule has 0 atom stereocenters. The van der Waals surface area contributed by atoms with Crippen LogP contribution < -0.4 is 10.4 Å². The second kappa shape index (κ2) is 6.62. The number of halogens is 6. The first kappa shape index (κ1) is 19.2. The SMILES string of the molecule is CC(C)Oc1nc(-n2nc(C(F)F)n(C)c2=O)c(Cl)cc1C(F)(F)F. The van der Waals surface area contributed by atoms with Crippen molar-refractivity contribution >= 4 is 11.6 Å². The molecule has 25 heavy (non-hydrogen) atoms. The van der Waals surface area contributed by atoms with Crippen LogP contribution in [0.1, 0.15) is 31.7 Å². The van der Waals surface area contributed by atoms with Gasteiger partial charge in [0.15, 0.2) is 5.82 Å². The monoisotopic (exact) mass is 386 g/mol. The fraction of sp³-hybridized carbons (Fsp3) is 0.462. The van der Waals surface area contributed by atoms with Crippen molar-refractivity contribution < 1.29 is 26.7 Å². The van der Waals surface area contributed by atoms with Crippen LogP contribution in [0, 0.1) is 0 Å². The number of hydrogen-bond acceptors (Lipinski definition) is 4. The van der Waals surface area contributed by atoms with Gasteiger partial charge in [-0.15, -0.1) is 5.10 Å². The molecule has 0 unspecified atom stereocenters. The van der Waals surface area contributed by atoms with E-state index in [-0.39, 0.29) is 0 Å². The van der Waals surface area contributed by atoms with E-state index in [1.54, 1.807) is 0 Å². The van der Waals surface area contributed by atoms with Crippen LogP contribution in [0.25, 0.3) is 5.82 Å². The van der Waals surface area contributed by atoms with Crippen LogP contribution >= 0.6 is 11.6 Å². The molecule has 0 aromatic carbocycles. The Labute approximate surface area is 142 Å². The van der Waals surface area contributed by atoms with Crippen LogP contribution in [0.4, 0.5) is 22.0 Å². The zero-order chi connectivity index (χ0) is 19.1. The summed E-state index contributed by atoms with van der Waals surface area (Å²) in [7, 11) is 1.04. The van der Waals surface area contributed by atoms with Crippen LogP contribution in [-0.4, -0.2) is 25.4 Å². The third-order valence-electron chi connectivity index (χ3n) is 2.99. The summed E-state index contributed by atoms with van der Waals surface area (Å²) < 4.78 is 71.0. The second-order valence-electron chi connectivity index (χ2n) is 5.22. The number of nitrogens with zero attached hydrogens (tertiary/aromatic N) is 4. The summed E-state index contributed by atoms with van der Waals surface area (Å²) in [5.74, 6) is -2.26. The fourth-order valence-corrected chi connectivity index (χ4v) is 2.14. The summed E-state index contributed by atoms with van der Waals surface area (Å²) >= 11 is 5.78. The second-order valence-corrected chi connectivity index (χ2v) is 5.63. The van der Waals surface area contributed by atoms with E-state index in [1.165, 1.54) is 13.8 Å². The van der Waals surface area contributed by atoms with Gasteiger partial charge in [-0.1, -0.05) is 11.6 Å². The molecule has 2 aromatic heterocycles. The van der Waals surface area contributed by atoms with Crippen LogP contribution in [0.3, 0.4) is 0 Å². The van der Waals surface area contributed by atoms with Gasteiger partial charge in [0.1, 0.15) is 5.56 Å². The standard InChI is InChI=1S/C13H12ClF5N4O2/c1-5(2)25-11-6(13(17,18)19)4-7(14)9(20-11)23-12(24)22(3)10(21-23)8(15)16/h4-5,8H,1-3H3. The van der Waals surface area contributed by atoms with Gasteiger partial charge in [0.25, 0.3) is 6.43 Å². The molecule has 0 fully saturated rings. The molecule has 6 nitrogen and oxygen atoms in total. The normalized spacial score (nSPS) is 12.3. The summed E-state index contributed by atoms with van der Waals surface area (Å²) in [5.41, 5.74) is -2.30. The predicted octanol–water partition coefficient (Wildman–Crippen LogP) is 3.36. The lowest BCUT2D eigenvalue weighted by atomic mass is 10.2. The highest BCUT2D eigenvalue weighted by atomic mass is 35.5. The molecule has 0 amide bonds. The lowest BCUT2D eigenvalue weighted by Crippen LogP contribution is -2.24. The molecule has 0 radical (unpaired) electrons. The summed E-state index contributed by atoms with van der Waals surface area (Å²) in [6, 6.07) is 0.505. The van der Waals surface area contributed by atoms with E-state index in [2.05, 4.69) is 10.1 Å². The minimum absolute atomic E-state index is 0.400. The maximum absolute atomic E-state index is 13.1. The van der Waals surface area contributed by atoms with Gasteiger partial charge in [0, 0.05) is 7.05 Å².